The fraction of sp³-hybridized carbons (Fsp3) is 0.538. The van der Waals surface area contributed by atoms with E-state index in [9.17, 15) is 0 Å². The molecule has 0 aromatic heterocycles. The highest BCUT2D eigenvalue weighted by Crippen LogP contribution is 2.20. The smallest absolute Gasteiger partial charge is 0.0539 e. The third kappa shape index (κ3) is 2.36. The second-order valence-electron chi connectivity index (χ2n) is 4.68. The third-order valence-electron chi connectivity index (χ3n) is 3.29. The van der Waals surface area contributed by atoms with Crippen molar-refractivity contribution in [3.8, 4) is 0 Å². The van der Waals surface area contributed by atoms with E-state index in [1.54, 1.807) is 0 Å². The summed E-state index contributed by atoms with van der Waals surface area (Å²) in [6.45, 7) is 6.10. The number of nitrogens with zero attached hydrogens (tertiary/aromatic N) is 2. The van der Waals surface area contributed by atoms with Gasteiger partial charge in [-0.2, -0.15) is 0 Å². The number of aryl methyl sites for hydroxylation is 1. The summed E-state index contributed by atoms with van der Waals surface area (Å²) in [5, 5.41) is 0. The van der Waals surface area contributed by atoms with Gasteiger partial charge in [-0.1, -0.05) is 12.1 Å². The molecule has 0 bridgehead atoms. The van der Waals surface area contributed by atoms with Gasteiger partial charge in [0.25, 0.3) is 0 Å². The van der Waals surface area contributed by atoms with Crippen LogP contribution in [0.25, 0.3) is 0 Å². The van der Waals surface area contributed by atoms with E-state index in [0.29, 0.717) is 6.04 Å². The molecule has 1 unspecified atom stereocenters. The lowest BCUT2D eigenvalue weighted by Gasteiger charge is -2.41. The van der Waals surface area contributed by atoms with Gasteiger partial charge in [-0.05, 0) is 31.7 Å². The van der Waals surface area contributed by atoms with Gasteiger partial charge in [-0.15, -0.1) is 0 Å². The highest BCUT2D eigenvalue weighted by atomic mass is 15.3. The molecule has 1 aromatic carbocycles. The minimum absolute atomic E-state index is 0.445. The van der Waals surface area contributed by atoms with Gasteiger partial charge in [0.15, 0.2) is 0 Å². The van der Waals surface area contributed by atoms with Gasteiger partial charge in [-0.25, -0.2) is 0 Å². The van der Waals surface area contributed by atoms with Crippen molar-refractivity contribution in [2.24, 2.45) is 5.73 Å². The van der Waals surface area contributed by atoms with E-state index in [4.69, 9.17) is 5.73 Å². The van der Waals surface area contributed by atoms with E-state index in [-0.39, 0.29) is 0 Å². The van der Waals surface area contributed by atoms with Gasteiger partial charge >= 0.3 is 0 Å². The molecule has 16 heavy (non-hydrogen) atoms. The Balaban J connectivity index is 2.19. The van der Waals surface area contributed by atoms with Crippen LogP contribution in [0.15, 0.2) is 24.3 Å². The second kappa shape index (κ2) is 4.85. The van der Waals surface area contributed by atoms with Crippen LogP contribution >= 0.6 is 0 Å². The average molecular weight is 219 g/mol. The van der Waals surface area contributed by atoms with Crippen LogP contribution in [0, 0.1) is 6.92 Å². The Bertz CT molecular complexity index is 351. The first-order valence-electron chi connectivity index (χ1n) is 5.92. The monoisotopic (exact) mass is 219 g/mol. The molecule has 0 spiro atoms. The van der Waals surface area contributed by atoms with Crippen molar-refractivity contribution in [2.45, 2.75) is 13.0 Å². The Morgan fingerprint density at radius 2 is 2.19 bits per heavy atom. The van der Waals surface area contributed by atoms with Crippen molar-refractivity contribution < 1.29 is 0 Å². The zero-order valence-electron chi connectivity index (χ0n) is 10.2. The molecular weight excluding hydrogens is 198 g/mol. The zero-order chi connectivity index (χ0) is 11.5. The Labute approximate surface area is 97.8 Å². The summed E-state index contributed by atoms with van der Waals surface area (Å²) in [6.07, 6.45) is 0. The van der Waals surface area contributed by atoms with E-state index in [0.717, 1.165) is 26.2 Å². The molecule has 1 aliphatic rings. The number of benzene rings is 1. The normalized spacial score (nSPS) is 22.4. The summed E-state index contributed by atoms with van der Waals surface area (Å²) in [6, 6.07) is 9.13. The summed E-state index contributed by atoms with van der Waals surface area (Å²) in [5.74, 6) is 0. The number of nitrogens with two attached hydrogens (primary N) is 1. The SMILES string of the molecule is Cc1cccc(N2CCN(C)CC2CN)c1. The molecule has 0 amide bonds. The van der Waals surface area contributed by atoms with E-state index >= 15 is 0 Å². The first-order chi connectivity index (χ1) is 7.70. The summed E-state index contributed by atoms with van der Waals surface area (Å²) in [5.41, 5.74) is 8.48. The Kier molecular flexibility index (Phi) is 3.46. The minimum atomic E-state index is 0.445. The molecule has 0 aliphatic carbocycles. The zero-order valence-corrected chi connectivity index (χ0v) is 10.2. The van der Waals surface area contributed by atoms with Gasteiger partial charge in [0, 0.05) is 31.9 Å². The van der Waals surface area contributed by atoms with E-state index in [1.165, 1.54) is 11.3 Å². The molecule has 88 valence electrons. The van der Waals surface area contributed by atoms with E-state index < -0.39 is 0 Å². The highest BCUT2D eigenvalue weighted by molar-refractivity contribution is 5.50. The molecule has 1 aromatic rings. The summed E-state index contributed by atoms with van der Waals surface area (Å²) < 4.78 is 0. The third-order valence-corrected chi connectivity index (χ3v) is 3.29. The van der Waals surface area contributed by atoms with Crippen LogP contribution in [0.1, 0.15) is 5.56 Å². The Hall–Kier alpha value is -1.06. The predicted molar refractivity (Wildman–Crippen MR) is 68.9 cm³/mol. The van der Waals surface area contributed by atoms with E-state index in [2.05, 4.69) is 48.0 Å². The van der Waals surface area contributed by atoms with Crippen molar-refractivity contribution in [2.75, 3.05) is 38.1 Å². The molecule has 0 saturated carbocycles. The number of hydrogen-bond donors (Lipinski definition) is 1. The van der Waals surface area contributed by atoms with Crippen molar-refractivity contribution in [3.05, 3.63) is 29.8 Å². The fourth-order valence-electron chi connectivity index (χ4n) is 2.36. The lowest BCUT2D eigenvalue weighted by Crippen LogP contribution is -2.55. The topological polar surface area (TPSA) is 32.5 Å². The van der Waals surface area contributed by atoms with Gasteiger partial charge < -0.3 is 15.5 Å². The molecule has 1 atom stereocenters. The largest absolute Gasteiger partial charge is 0.365 e. The summed E-state index contributed by atoms with van der Waals surface area (Å²) >= 11 is 0. The van der Waals surface area contributed by atoms with Crippen molar-refractivity contribution in [3.63, 3.8) is 0 Å². The average Bonchev–Trinajstić information content (AvgIpc) is 2.28. The Morgan fingerprint density at radius 3 is 2.88 bits per heavy atom. The molecule has 2 rings (SSSR count). The van der Waals surface area contributed by atoms with Crippen LogP contribution in [0.5, 0.6) is 0 Å². The molecular formula is C13H21N3. The highest BCUT2D eigenvalue weighted by Gasteiger charge is 2.23. The maximum atomic E-state index is 5.86. The number of piperazine rings is 1. The van der Waals surface area contributed by atoms with Crippen LogP contribution in [0.2, 0.25) is 0 Å². The van der Waals surface area contributed by atoms with Gasteiger partial charge in [0.2, 0.25) is 0 Å². The van der Waals surface area contributed by atoms with Crippen molar-refractivity contribution in [1.82, 2.24) is 4.90 Å². The maximum absolute atomic E-state index is 5.86. The van der Waals surface area contributed by atoms with Gasteiger partial charge in [0.05, 0.1) is 6.04 Å². The maximum Gasteiger partial charge on any atom is 0.0539 e. The van der Waals surface area contributed by atoms with Crippen molar-refractivity contribution in [1.29, 1.82) is 0 Å². The first-order valence-corrected chi connectivity index (χ1v) is 5.92. The lowest BCUT2D eigenvalue weighted by atomic mass is 10.1. The summed E-state index contributed by atoms with van der Waals surface area (Å²) in [7, 11) is 2.16. The molecule has 1 saturated heterocycles. The summed E-state index contributed by atoms with van der Waals surface area (Å²) in [4.78, 5) is 4.79. The quantitative estimate of drug-likeness (QED) is 0.807. The van der Waals surface area contributed by atoms with Gasteiger partial charge in [0.1, 0.15) is 0 Å². The van der Waals surface area contributed by atoms with Crippen LogP contribution in [-0.2, 0) is 0 Å². The van der Waals surface area contributed by atoms with Crippen LogP contribution < -0.4 is 10.6 Å². The number of hydrogen-bond acceptors (Lipinski definition) is 3. The van der Waals surface area contributed by atoms with Gasteiger partial charge in [-0.3, -0.25) is 0 Å². The molecule has 2 N–H and O–H groups in total. The lowest BCUT2D eigenvalue weighted by molar-refractivity contribution is 0.270. The molecule has 1 fully saturated rings. The predicted octanol–water partition coefficient (Wildman–Crippen LogP) is 1.07. The number of likely N-dealkylation sites (N-methyl/N-ethyl adjacent to an activating group) is 1. The van der Waals surface area contributed by atoms with Crippen LogP contribution in [-0.4, -0.2) is 44.2 Å². The van der Waals surface area contributed by atoms with Crippen molar-refractivity contribution >= 4 is 5.69 Å². The molecule has 1 aliphatic heterocycles. The Morgan fingerprint density at radius 1 is 1.38 bits per heavy atom. The van der Waals surface area contributed by atoms with Crippen LogP contribution in [0.4, 0.5) is 5.69 Å². The minimum Gasteiger partial charge on any atom is -0.365 e. The molecule has 1 heterocycles. The van der Waals surface area contributed by atoms with Crippen LogP contribution in [0.3, 0.4) is 0 Å². The second-order valence-corrected chi connectivity index (χ2v) is 4.68. The molecule has 3 nitrogen and oxygen atoms in total. The standard InChI is InChI=1S/C13H21N3/c1-11-4-3-5-12(8-11)16-7-6-15(2)10-13(16)9-14/h3-5,8,13H,6-7,9-10,14H2,1-2H3. The molecule has 0 radical (unpaired) electrons. The number of anilines is 1. The van der Waals surface area contributed by atoms with E-state index in [1.807, 2.05) is 0 Å². The first kappa shape index (κ1) is 11.4. The number of rotatable bonds is 2. The molecule has 3 heteroatoms. The fourth-order valence-corrected chi connectivity index (χ4v) is 2.36.